The molecule has 2 aromatic rings. The average Bonchev–Trinajstić information content (AvgIpc) is 2.38. The van der Waals surface area contributed by atoms with Gasteiger partial charge in [0.1, 0.15) is 5.82 Å². The minimum absolute atomic E-state index is 0.233. The predicted molar refractivity (Wildman–Crippen MR) is 73.8 cm³/mol. The van der Waals surface area contributed by atoms with Gasteiger partial charge in [0.2, 0.25) is 0 Å². The van der Waals surface area contributed by atoms with Crippen LogP contribution in [0, 0.1) is 5.82 Å². The molecule has 0 unspecified atom stereocenters. The Morgan fingerprint density at radius 2 is 1.61 bits per heavy atom. The first-order chi connectivity index (χ1) is 8.61. The van der Waals surface area contributed by atoms with Gasteiger partial charge in [-0.15, -0.1) is 0 Å². The Morgan fingerprint density at radius 3 is 2.11 bits per heavy atom. The number of hydrogen-bond donors (Lipinski definition) is 1. The van der Waals surface area contributed by atoms with Gasteiger partial charge in [0.25, 0.3) is 0 Å². The molecule has 2 rings (SSSR count). The van der Waals surface area contributed by atoms with Gasteiger partial charge in [-0.3, -0.25) is 0 Å². The second-order valence-corrected chi connectivity index (χ2v) is 4.79. The van der Waals surface area contributed by atoms with Gasteiger partial charge in [-0.25, -0.2) is 4.39 Å². The van der Waals surface area contributed by atoms with Crippen molar-refractivity contribution in [1.82, 2.24) is 0 Å². The van der Waals surface area contributed by atoms with Gasteiger partial charge in [-0.2, -0.15) is 0 Å². The quantitative estimate of drug-likeness (QED) is 0.863. The van der Waals surface area contributed by atoms with Crippen LogP contribution in [-0.4, -0.2) is 0 Å². The van der Waals surface area contributed by atoms with Crippen LogP contribution in [0.4, 0.5) is 4.39 Å². The molecule has 0 aliphatic heterocycles. The van der Waals surface area contributed by atoms with E-state index in [9.17, 15) is 4.39 Å². The van der Waals surface area contributed by atoms with Crippen molar-refractivity contribution >= 4 is 0 Å². The van der Waals surface area contributed by atoms with E-state index < -0.39 is 0 Å². The van der Waals surface area contributed by atoms with Crippen LogP contribution in [0.2, 0.25) is 0 Å². The summed E-state index contributed by atoms with van der Waals surface area (Å²) in [6.45, 7) is 4.55. The summed E-state index contributed by atoms with van der Waals surface area (Å²) in [5, 5.41) is 0. The number of hydrogen-bond acceptors (Lipinski definition) is 1. The van der Waals surface area contributed by atoms with Crippen molar-refractivity contribution in [3.63, 3.8) is 0 Å². The Balaban J connectivity index is 2.34. The molecule has 0 bridgehead atoms. The highest BCUT2D eigenvalue weighted by atomic mass is 19.1. The molecule has 94 valence electrons. The molecule has 0 aliphatic rings. The second kappa shape index (κ2) is 5.32. The van der Waals surface area contributed by atoms with E-state index in [2.05, 4.69) is 26.0 Å². The zero-order chi connectivity index (χ0) is 13.1. The molecule has 0 spiro atoms. The Labute approximate surface area is 107 Å². The molecule has 1 nitrogen and oxygen atoms in total. The van der Waals surface area contributed by atoms with Gasteiger partial charge in [-0.05, 0) is 28.7 Å². The zero-order valence-corrected chi connectivity index (χ0v) is 10.8. The molecule has 2 aromatic carbocycles. The van der Waals surface area contributed by atoms with Crippen LogP contribution >= 0.6 is 0 Å². The van der Waals surface area contributed by atoms with Crippen molar-refractivity contribution in [2.75, 3.05) is 0 Å². The van der Waals surface area contributed by atoms with Gasteiger partial charge in [0.15, 0.2) is 0 Å². The number of benzene rings is 2. The SMILES string of the molecule is CC(C)c1ccc(-c2ccc(CN)c(F)c2)cc1. The summed E-state index contributed by atoms with van der Waals surface area (Å²) in [5.41, 5.74) is 9.21. The average molecular weight is 243 g/mol. The van der Waals surface area contributed by atoms with Crippen LogP contribution in [0.3, 0.4) is 0 Å². The van der Waals surface area contributed by atoms with Crippen LogP contribution in [0.25, 0.3) is 11.1 Å². The predicted octanol–water partition coefficient (Wildman–Crippen LogP) is 4.07. The fraction of sp³-hybridized carbons (Fsp3) is 0.250. The molecule has 0 heterocycles. The van der Waals surface area contributed by atoms with Gasteiger partial charge < -0.3 is 5.73 Å². The summed E-state index contributed by atoms with van der Waals surface area (Å²) >= 11 is 0. The first-order valence-corrected chi connectivity index (χ1v) is 6.20. The molecule has 2 N–H and O–H groups in total. The summed E-state index contributed by atoms with van der Waals surface area (Å²) in [5.74, 6) is 0.276. The third-order valence-electron chi connectivity index (χ3n) is 3.18. The van der Waals surface area contributed by atoms with Crippen molar-refractivity contribution in [2.24, 2.45) is 5.73 Å². The lowest BCUT2D eigenvalue weighted by atomic mass is 9.98. The highest BCUT2D eigenvalue weighted by Gasteiger charge is 2.05. The highest BCUT2D eigenvalue weighted by Crippen LogP contribution is 2.24. The largest absolute Gasteiger partial charge is 0.326 e. The van der Waals surface area contributed by atoms with Crippen LogP contribution < -0.4 is 5.73 Å². The van der Waals surface area contributed by atoms with E-state index in [0.29, 0.717) is 11.5 Å². The molecule has 0 radical (unpaired) electrons. The summed E-state index contributed by atoms with van der Waals surface area (Å²) in [4.78, 5) is 0. The van der Waals surface area contributed by atoms with E-state index in [1.165, 1.54) is 5.56 Å². The monoisotopic (exact) mass is 243 g/mol. The molecule has 0 aromatic heterocycles. The summed E-state index contributed by atoms with van der Waals surface area (Å²) < 4.78 is 13.7. The Bertz CT molecular complexity index is 529. The normalized spacial score (nSPS) is 10.9. The smallest absolute Gasteiger partial charge is 0.128 e. The number of rotatable bonds is 3. The lowest BCUT2D eigenvalue weighted by Crippen LogP contribution is -1.99. The van der Waals surface area contributed by atoms with Gasteiger partial charge in [0.05, 0.1) is 0 Å². The van der Waals surface area contributed by atoms with Crippen LogP contribution in [-0.2, 0) is 6.54 Å². The van der Waals surface area contributed by atoms with Crippen molar-refractivity contribution in [1.29, 1.82) is 0 Å². The number of halogens is 1. The van der Waals surface area contributed by atoms with Crippen LogP contribution in [0.1, 0.15) is 30.9 Å². The minimum atomic E-state index is -0.233. The third-order valence-corrected chi connectivity index (χ3v) is 3.18. The zero-order valence-electron chi connectivity index (χ0n) is 10.8. The molecule has 2 heteroatoms. The summed E-state index contributed by atoms with van der Waals surface area (Å²) in [6.07, 6.45) is 0. The maximum absolute atomic E-state index is 13.7. The maximum Gasteiger partial charge on any atom is 0.128 e. The summed E-state index contributed by atoms with van der Waals surface area (Å²) in [7, 11) is 0. The van der Waals surface area contributed by atoms with Gasteiger partial charge >= 0.3 is 0 Å². The minimum Gasteiger partial charge on any atom is -0.326 e. The van der Waals surface area contributed by atoms with Crippen molar-refractivity contribution in [3.8, 4) is 11.1 Å². The number of nitrogens with two attached hydrogens (primary N) is 1. The lowest BCUT2D eigenvalue weighted by molar-refractivity contribution is 0.611. The third kappa shape index (κ3) is 2.59. The maximum atomic E-state index is 13.7. The van der Waals surface area contributed by atoms with Gasteiger partial charge in [-0.1, -0.05) is 50.2 Å². The molecule has 0 saturated carbocycles. The van der Waals surface area contributed by atoms with Crippen molar-refractivity contribution in [2.45, 2.75) is 26.3 Å². The van der Waals surface area contributed by atoms with Crippen molar-refractivity contribution < 1.29 is 4.39 Å². The van der Waals surface area contributed by atoms with E-state index >= 15 is 0 Å². The molecule has 0 amide bonds. The molecular formula is C16H18FN. The molecular weight excluding hydrogens is 225 g/mol. The fourth-order valence-electron chi connectivity index (χ4n) is 1.95. The molecule has 0 aliphatic carbocycles. The molecule has 0 saturated heterocycles. The standard InChI is InChI=1S/C16H18FN/c1-11(2)12-3-5-13(6-4-12)14-7-8-15(10-18)16(17)9-14/h3-9,11H,10,18H2,1-2H3. The topological polar surface area (TPSA) is 26.0 Å². The van der Waals surface area contributed by atoms with E-state index in [1.54, 1.807) is 12.1 Å². The molecule has 0 atom stereocenters. The molecule has 18 heavy (non-hydrogen) atoms. The van der Waals surface area contributed by atoms with Crippen molar-refractivity contribution in [3.05, 3.63) is 59.4 Å². The first kappa shape index (κ1) is 12.8. The van der Waals surface area contributed by atoms with Crippen LogP contribution in [0.15, 0.2) is 42.5 Å². The molecule has 0 fully saturated rings. The second-order valence-electron chi connectivity index (χ2n) is 4.79. The lowest BCUT2D eigenvalue weighted by Gasteiger charge is -2.08. The van der Waals surface area contributed by atoms with Crippen LogP contribution in [0.5, 0.6) is 0 Å². The summed E-state index contributed by atoms with van der Waals surface area (Å²) in [6, 6.07) is 13.5. The highest BCUT2D eigenvalue weighted by molar-refractivity contribution is 5.64. The Hall–Kier alpha value is -1.67. The Morgan fingerprint density at radius 1 is 1.00 bits per heavy atom. The first-order valence-electron chi connectivity index (χ1n) is 6.20. The van der Waals surface area contributed by atoms with E-state index in [0.717, 1.165) is 11.1 Å². The fourth-order valence-corrected chi connectivity index (χ4v) is 1.95. The Kier molecular flexibility index (Phi) is 3.78. The van der Waals surface area contributed by atoms with E-state index in [4.69, 9.17) is 5.73 Å². The van der Waals surface area contributed by atoms with E-state index in [-0.39, 0.29) is 12.4 Å². The van der Waals surface area contributed by atoms with Gasteiger partial charge in [0, 0.05) is 12.1 Å². The van der Waals surface area contributed by atoms with E-state index in [1.807, 2.05) is 18.2 Å².